The lowest BCUT2D eigenvalue weighted by Crippen LogP contribution is -2.50. The van der Waals surface area contributed by atoms with Crippen LogP contribution in [-0.2, 0) is 54.2 Å². The van der Waals surface area contributed by atoms with Gasteiger partial charge in [-0.25, -0.2) is 0 Å². The van der Waals surface area contributed by atoms with Gasteiger partial charge in [0, 0.05) is 65.0 Å². The van der Waals surface area contributed by atoms with E-state index in [1.165, 1.54) is 36.0 Å². The van der Waals surface area contributed by atoms with Crippen LogP contribution in [0.3, 0.4) is 0 Å². The normalized spacial score (nSPS) is 17.4. The third-order valence-corrected chi connectivity index (χ3v) is 11.1. The van der Waals surface area contributed by atoms with Gasteiger partial charge in [-0.15, -0.1) is 0 Å². The van der Waals surface area contributed by atoms with E-state index in [0.717, 1.165) is 33.3 Å². The number of nitro groups is 1. The quantitative estimate of drug-likeness (QED) is 0.0337. The molecule has 0 unspecified atom stereocenters. The fourth-order valence-electron chi connectivity index (χ4n) is 6.87. The van der Waals surface area contributed by atoms with Gasteiger partial charge in [0.2, 0.25) is 5.91 Å². The fraction of sp³-hybridized carbons (Fsp3) is 0.295. The predicted octanol–water partition coefficient (Wildman–Crippen LogP) is 7.63. The van der Waals surface area contributed by atoms with Crippen molar-refractivity contribution in [3.05, 3.63) is 147 Å². The highest BCUT2D eigenvalue weighted by Crippen LogP contribution is 2.60. The minimum absolute atomic E-state index is 0.184. The fourth-order valence-corrected chi connectivity index (χ4v) is 8.44. The zero-order valence-electron chi connectivity index (χ0n) is 34.1. The number of carbonyl (C=O) groups excluding carboxylic acids is 5. The van der Waals surface area contributed by atoms with E-state index in [0.29, 0.717) is 22.8 Å². The number of thioether (sulfide) groups is 1. The van der Waals surface area contributed by atoms with E-state index in [4.69, 9.17) is 24.1 Å². The lowest BCUT2D eigenvalue weighted by atomic mass is 9.78. The first-order valence-corrected chi connectivity index (χ1v) is 19.9. The van der Waals surface area contributed by atoms with Crippen LogP contribution in [0.5, 0.6) is 0 Å². The molecule has 0 fully saturated rings. The maximum absolute atomic E-state index is 15.4. The largest absolute Gasteiger partial charge is 0.462 e. The number of amides is 1. The van der Waals surface area contributed by atoms with E-state index in [1.54, 1.807) is 54.6 Å². The molecule has 0 saturated carbocycles. The van der Waals surface area contributed by atoms with Gasteiger partial charge < -0.3 is 29.2 Å². The van der Waals surface area contributed by atoms with Crippen molar-refractivity contribution < 1.29 is 47.8 Å². The lowest BCUT2D eigenvalue weighted by molar-refractivity contribution is -0.384. The Hall–Kier alpha value is -6.88. The summed E-state index contributed by atoms with van der Waals surface area (Å²) in [4.78, 5) is 78.6. The molecule has 1 N–H and O–H groups in total. The van der Waals surface area contributed by atoms with Crippen LogP contribution in [0.25, 0.3) is 0 Å². The summed E-state index contributed by atoms with van der Waals surface area (Å²) >= 11 is 1.17. The van der Waals surface area contributed by atoms with E-state index in [-0.39, 0.29) is 23.5 Å². The Morgan fingerprint density at radius 3 is 1.87 bits per heavy atom. The van der Waals surface area contributed by atoms with Gasteiger partial charge >= 0.3 is 23.9 Å². The molecule has 4 aromatic rings. The van der Waals surface area contributed by atoms with Crippen molar-refractivity contribution >= 4 is 58.6 Å². The number of carbonyl (C=O) groups is 5. The molecule has 5 rings (SSSR count). The van der Waals surface area contributed by atoms with Crippen molar-refractivity contribution in [2.45, 2.75) is 63.7 Å². The van der Waals surface area contributed by atoms with Gasteiger partial charge in [0.05, 0.1) is 21.3 Å². The highest BCUT2D eigenvalue weighted by atomic mass is 32.2. The summed E-state index contributed by atoms with van der Waals surface area (Å²) in [6, 6.07) is 32.6. The molecule has 0 spiro atoms. The highest BCUT2D eigenvalue weighted by Gasteiger charge is 2.58. The van der Waals surface area contributed by atoms with E-state index in [9.17, 15) is 29.3 Å². The maximum atomic E-state index is 15.4. The maximum Gasteiger partial charge on any atom is 0.303 e. The van der Waals surface area contributed by atoms with E-state index < -0.39 is 70.3 Å². The molecule has 1 amide bonds. The summed E-state index contributed by atoms with van der Waals surface area (Å²) in [6.07, 6.45) is -4.82. The number of benzene rings is 4. The topological polar surface area (TPSA) is 205 Å². The van der Waals surface area contributed by atoms with Crippen molar-refractivity contribution in [2.24, 2.45) is 16.1 Å². The van der Waals surface area contributed by atoms with Gasteiger partial charge in [-0.3, -0.25) is 34.1 Å². The molecule has 4 aromatic carbocycles. The van der Waals surface area contributed by atoms with Gasteiger partial charge in [0.1, 0.15) is 17.5 Å². The summed E-state index contributed by atoms with van der Waals surface area (Å²) < 4.78 is 20.8. The third-order valence-electron chi connectivity index (χ3n) is 9.40. The molecule has 61 heavy (non-hydrogen) atoms. The molecule has 0 aliphatic carbocycles. The zero-order chi connectivity index (χ0) is 44.1. The van der Waals surface area contributed by atoms with Crippen LogP contribution < -0.4 is 5.32 Å². The first-order valence-electron chi connectivity index (χ1n) is 19.1. The molecule has 0 saturated heterocycles. The summed E-state index contributed by atoms with van der Waals surface area (Å²) in [5, 5.41) is 24.4. The van der Waals surface area contributed by atoms with Crippen LogP contribution in [0.2, 0.25) is 0 Å². The smallest absolute Gasteiger partial charge is 0.303 e. The second kappa shape index (κ2) is 20.9. The Kier molecular flexibility index (Phi) is 15.5. The zero-order valence-corrected chi connectivity index (χ0v) is 34.9. The number of hydrogen-bond donors (Lipinski definition) is 1. The summed E-state index contributed by atoms with van der Waals surface area (Å²) in [5.41, 5.74) is 2.26. The Morgan fingerprint density at radius 1 is 0.754 bits per heavy atom. The molecule has 1 aliphatic rings. The van der Waals surface area contributed by atoms with Gasteiger partial charge in [0.15, 0.2) is 12.2 Å². The molecule has 0 radical (unpaired) electrons. The molecule has 5 atom stereocenters. The Bertz CT molecular complexity index is 2260. The van der Waals surface area contributed by atoms with E-state index in [2.05, 4.69) is 10.4 Å². The molecule has 1 aliphatic heterocycles. The van der Waals surface area contributed by atoms with Crippen molar-refractivity contribution in [1.29, 1.82) is 0 Å². The van der Waals surface area contributed by atoms with Gasteiger partial charge in [-0.1, -0.05) is 90.6 Å². The number of esters is 4. The van der Waals surface area contributed by atoms with Gasteiger partial charge in [-0.2, -0.15) is 10.2 Å². The second-order valence-corrected chi connectivity index (χ2v) is 15.2. The number of allylic oxidation sites excluding steroid dienone is 1. The van der Waals surface area contributed by atoms with E-state index in [1.807, 2.05) is 48.3 Å². The number of ether oxygens (including phenoxy) is 4. The molecular formula is C44H45N5O11S. The average Bonchev–Trinajstić information content (AvgIpc) is 3.56. The monoisotopic (exact) mass is 851 g/mol. The number of nitrogens with zero attached hydrogens (tertiary/aromatic N) is 4. The van der Waals surface area contributed by atoms with E-state index >= 15 is 4.79 Å². The highest BCUT2D eigenvalue weighted by molar-refractivity contribution is 8.04. The Labute approximate surface area is 356 Å². The molecule has 318 valence electrons. The molecule has 0 aromatic heterocycles. The first kappa shape index (κ1) is 45.2. The Balaban J connectivity index is 1.79. The van der Waals surface area contributed by atoms with Crippen molar-refractivity contribution in [2.75, 3.05) is 19.0 Å². The Morgan fingerprint density at radius 2 is 1.31 bits per heavy atom. The number of hydrogen-bond acceptors (Lipinski definition) is 15. The number of anilines is 1. The number of azo groups is 1. The first-order chi connectivity index (χ1) is 29.2. The van der Waals surface area contributed by atoms with Crippen molar-refractivity contribution in [3.63, 3.8) is 0 Å². The van der Waals surface area contributed by atoms with Crippen molar-refractivity contribution in [3.8, 4) is 0 Å². The van der Waals surface area contributed by atoms with Crippen LogP contribution in [0.4, 0.5) is 17.1 Å². The number of non-ortho nitro benzene ring substituents is 1. The number of nitro benzene ring substituents is 1. The molecule has 17 heteroatoms. The molecule has 16 nitrogen and oxygen atoms in total. The lowest BCUT2D eigenvalue weighted by Gasteiger charge is -2.38. The number of nitrogens with one attached hydrogen (secondary N) is 1. The van der Waals surface area contributed by atoms with Gasteiger partial charge in [0.25, 0.3) is 5.69 Å². The number of rotatable bonds is 18. The average molecular weight is 852 g/mol. The van der Waals surface area contributed by atoms with Crippen LogP contribution in [-0.4, -0.2) is 71.6 Å². The molecule has 0 bridgehead atoms. The molecule has 1 heterocycles. The van der Waals surface area contributed by atoms with Crippen LogP contribution >= 0.6 is 11.8 Å². The molecular weight excluding hydrogens is 807 g/mol. The third kappa shape index (κ3) is 11.9. The standard InChI is InChI=1S/C44H45N5O11S/c1-28(50)57-27-39(59-30(3)52)41(60-31(4)53)38(58-29(2)51)25-37-40(47-46-35-19-13-8-14-20-35)42(48(5)26-32-15-9-6-10-16-32)61-44(37,33-17-11-7-12-18-33)43(54)45-34-21-23-36(24-22-34)49(55)56/h6-24,37-39,41H,25-27H2,1-5H3,(H,45,54)/t37-,38+,39+,41-,44+/m0/s1. The van der Waals surface area contributed by atoms with Gasteiger partial charge in [-0.05, 0) is 41.8 Å². The SMILES string of the molecule is CC(=O)OC[C@@H](OC(C)=O)[C@@H](OC(C)=O)[C@@H](C[C@H]1C(N=Nc2ccccc2)=C(N(C)Cc2ccccc2)S[C@]1(C(=O)Nc1ccc([N+](=O)[O-])cc1)c1ccccc1)OC(C)=O. The summed E-state index contributed by atoms with van der Waals surface area (Å²) in [5.74, 6) is -4.85. The minimum Gasteiger partial charge on any atom is -0.462 e. The van der Waals surface area contributed by atoms with Crippen LogP contribution in [0.15, 0.2) is 136 Å². The minimum atomic E-state index is -1.68. The summed E-state index contributed by atoms with van der Waals surface area (Å²) in [6.45, 7) is 4.30. The van der Waals surface area contributed by atoms with Crippen molar-refractivity contribution in [1.82, 2.24) is 4.90 Å². The van der Waals surface area contributed by atoms with Crippen LogP contribution in [0.1, 0.15) is 45.2 Å². The predicted molar refractivity (Wildman–Crippen MR) is 225 cm³/mol. The van der Waals surface area contributed by atoms with Crippen LogP contribution in [0, 0.1) is 16.0 Å². The second-order valence-electron chi connectivity index (χ2n) is 14.0. The summed E-state index contributed by atoms with van der Waals surface area (Å²) in [7, 11) is 1.83.